The van der Waals surface area contributed by atoms with Crippen molar-refractivity contribution in [3.05, 3.63) is 35.6 Å². The molecule has 0 aliphatic heterocycles. The summed E-state index contributed by atoms with van der Waals surface area (Å²) in [7, 11) is 1.15. The summed E-state index contributed by atoms with van der Waals surface area (Å²) in [5.41, 5.74) is 0.248. The van der Waals surface area contributed by atoms with Crippen LogP contribution in [0.1, 0.15) is 10.3 Å². The zero-order valence-electron chi connectivity index (χ0n) is 6.25. The molecule has 0 N–H and O–H groups in total. The van der Waals surface area contributed by atoms with Gasteiger partial charge in [0.1, 0.15) is 5.82 Å². The summed E-state index contributed by atoms with van der Waals surface area (Å²) in [5.74, 6) is -0.459. The molecule has 0 bridgehead atoms. The minimum atomic E-state index is -3.85. The first-order valence-corrected chi connectivity index (χ1v) is 6.05. The van der Waals surface area contributed by atoms with Crippen molar-refractivity contribution in [3.63, 3.8) is 0 Å². The molecule has 0 amide bonds. The molecule has 0 radical (unpaired) electrons. The van der Waals surface area contributed by atoms with Gasteiger partial charge in [0.05, 0.1) is 0 Å². The van der Waals surface area contributed by atoms with Crippen LogP contribution in [0.4, 0.5) is 4.39 Å². The van der Waals surface area contributed by atoms with E-state index in [4.69, 9.17) is 22.3 Å². The number of rotatable bonds is 2. The van der Waals surface area contributed by atoms with Gasteiger partial charge >= 0.3 is 0 Å². The lowest BCUT2D eigenvalue weighted by molar-refractivity contribution is 0.606. The van der Waals surface area contributed by atoms with E-state index in [1.807, 2.05) is 0 Å². The smallest absolute Gasteiger partial charge is 0.210 e. The van der Waals surface area contributed by atoms with Gasteiger partial charge in [0.25, 0.3) is 9.05 Å². The van der Waals surface area contributed by atoms with Crippen molar-refractivity contribution < 1.29 is 12.8 Å². The van der Waals surface area contributed by atoms with E-state index in [-0.39, 0.29) is 5.56 Å². The van der Waals surface area contributed by atoms with Crippen LogP contribution in [0, 0.1) is 5.82 Å². The Labute approximate surface area is 84.7 Å². The second-order valence-electron chi connectivity index (χ2n) is 2.34. The lowest BCUT2D eigenvalue weighted by atomic mass is 10.2. The highest BCUT2D eigenvalue weighted by Gasteiger charge is 2.21. The average molecular weight is 243 g/mol. The van der Waals surface area contributed by atoms with Gasteiger partial charge in [-0.1, -0.05) is 23.7 Å². The Hall–Kier alpha value is -0.320. The molecule has 13 heavy (non-hydrogen) atoms. The van der Waals surface area contributed by atoms with Crippen LogP contribution in [0.3, 0.4) is 0 Å². The molecule has 0 heterocycles. The summed E-state index contributed by atoms with van der Waals surface area (Å²) < 4.78 is 32.6. The maximum Gasteiger partial charge on any atom is 0.253 e. The first-order chi connectivity index (χ1) is 5.91. The van der Waals surface area contributed by atoms with Crippen molar-refractivity contribution in [1.82, 2.24) is 0 Å². The van der Waals surface area contributed by atoms with Crippen LogP contribution in [0.25, 0.3) is 0 Å². The second-order valence-corrected chi connectivity index (χ2v) is 5.75. The largest absolute Gasteiger partial charge is 0.253 e. The fraction of sp³-hybridized carbons (Fsp3) is 0.143. The average Bonchev–Trinajstić information content (AvgIpc) is 2.03. The van der Waals surface area contributed by atoms with Gasteiger partial charge < -0.3 is 0 Å². The predicted octanol–water partition coefficient (Wildman–Crippen LogP) is 2.63. The topological polar surface area (TPSA) is 34.1 Å². The van der Waals surface area contributed by atoms with Crippen molar-refractivity contribution in [1.29, 1.82) is 0 Å². The van der Waals surface area contributed by atoms with E-state index in [1.54, 1.807) is 0 Å². The molecule has 0 fully saturated rings. The molecule has 0 aliphatic rings. The molecule has 1 aromatic carbocycles. The highest BCUT2D eigenvalue weighted by Crippen LogP contribution is 2.29. The molecule has 72 valence electrons. The van der Waals surface area contributed by atoms with Crippen LogP contribution in [-0.4, -0.2) is 8.42 Å². The number of hydrogen-bond donors (Lipinski definition) is 0. The van der Waals surface area contributed by atoms with Crippen molar-refractivity contribution >= 4 is 31.3 Å². The third kappa shape index (κ3) is 2.83. The molecule has 2 nitrogen and oxygen atoms in total. The minimum Gasteiger partial charge on any atom is -0.210 e. The Bertz CT molecular complexity index is 387. The van der Waals surface area contributed by atoms with Gasteiger partial charge in [-0.3, -0.25) is 0 Å². The first kappa shape index (κ1) is 10.8. The van der Waals surface area contributed by atoms with Crippen LogP contribution >= 0.6 is 22.3 Å². The van der Waals surface area contributed by atoms with Crippen molar-refractivity contribution in [3.8, 4) is 0 Å². The van der Waals surface area contributed by atoms with E-state index < -0.39 is 19.6 Å². The third-order valence-electron chi connectivity index (χ3n) is 1.38. The molecular formula is C7H5Cl2FO2S. The van der Waals surface area contributed by atoms with Crippen molar-refractivity contribution in [2.75, 3.05) is 0 Å². The van der Waals surface area contributed by atoms with Gasteiger partial charge in [-0.25, -0.2) is 12.8 Å². The quantitative estimate of drug-likeness (QED) is 0.591. The van der Waals surface area contributed by atoms with Gasteiger partial charge in [0, 0.05) is 10.7 Å². The van der Waals surface area contributed by atoms with Gasteiger partial charge in [0.2, 0.25) is 0 Å². The molecule has 6 heteroatoms. The lowest BCUT2D eigenvalue weighted by Crippen LogP contribution is -1.99. The molecule has 1 aromatic rings. The Morgan fingerprint density at radius 1 is 1.23 bits per heavy atom. The molecule has 0 aliphatic carbocycles. The van der Waals surface area contributed by atoms with E-state index in [2.05, 4.69) is 0 Å². The minimum absolute atomic E-state index is 0.248. The summed E-state index contributed by atoms with van der Waals surface area (Å²) in [4.78, 5) is 0. The monoisotopic (exact) mass is 242 g/mol. The zero-order chi connectivity index (χ0) is 10.1. The van der Waals surface area contributed by atoms with Crippen molar-refractivity contribution in [2.24, 2.45) is 0 Å². The summed E-state index contributed by atoms with van der Waals surface area (Å²) >= 11 is 5.49. The number of halogens is 3. The van der Waals surface area contributed by atoms with E-state index >= 15 is 0 Å². The van der Waals surface area contributed by atoms with Gasteiger partial charge in [0.15, 0.2) is 4.71 Å². The third-order valence-corrected chi connectivity index (χ3v) is 3.91. The molecule has 1 rings (SSSR count). The molecule has 0 spiro atoms. The number of hydrogen-bond acceptors (Lipinski definition) is 2. The van der Waals surface area contributed by atoms with E-state index in [0.29, 0.717) is 0 Å². The van der Waals surface area contributed by atoms with E-state index in [9.17, 15) is 12.8 Å². The number of alkyl halides is 1. The highest BCUT2D eigenvalue weighted by molar-refractivity contribution is 8.14. The predicted molar refractivity (Wildman–Crippen MR) is 49.8 cm³/mol. The van der Waals surface area contributed by atoms with Gasteiger partial charge in [-0.2, -0.15) is 0 Å². The fourth-order valence-corrected chi connectivity index (χ4v) is 1.71. The van der Waals surface area contributed by atoms with E-state index in [1.165, 1.54) is 12.1 Å². The van der Waals surface area contributed by atoms with Gasteiger partial charge in [-0.05, 0) is 17.7 Å². The fourth-order valence-electron chi connectivity index (χ4n) is 0.777. The van der Waals surface area contributed by atoms with Crippen LogP contribution < -0.4 is 0 Å². The SMILES string of the molecule is O=S(=O)(Cl)C(Cl)c1ccc(F)cc1. The maximum atomic E-state index is 12.4. The highest BCUT2D eigenvalue weighted by atomic mass is 35.7. The Balaban J connectivity index is 3.04. The Morgan fingerprint density at radius 2 is 1.69 bits per heavy atom. The first-order valence-electron chi connectivity index (χ1n) is 3.24. The maximum absolute atomic E-state index is 12.4. The van der Waals surface area contributed by atoms with Crippen LogP contribution in [0.2, 0.25) is 0 Å². The van der Waals surface area contributed by atoms with Crippen LogP contribution in [-0.2, 0) is 9.05 Å². The standard InChI is InChI=1S/C7H5Cl2FO2S/c8-7(13(9,11)12)5-1-3-6(10)4-2-5/h1-4,7H. The van der Waals surface area contributed by atoms with Crippen LogP contribution in [0.5, 0.6) is 0 Å². The Kier molecular flexibility index (Phi) is 3.16. The zero-order valence-corrected chi connectivity index (χ0v) is 8.57. The normalized spacial score (nSPS) is 14.1. The summed E-state index contributed by atoms with van der Waals surface area (Å²) in [6.45, 7) is 0. The number of benzene rings is 1. The molecule has 0 saturated heterocycles. The van der Waals surface area contributed by atoms with Gasteiger partial charge in [-0.15, -0.1) is 0 Å². The summed E-state index contributed by atoms with van der Waals surface area (Å²) in [6, 6.07) is 4.78. The molecule has 0 aromatic heterocycles. The summed E-state index contributed by atoms with van der Waals surface area (Å²) in [6.07, 6.45) is 0. The molecule has 1 unspecified atom stereocenters. The van der Waals surface area contributed by atoms with Crippen molar-refractivity contribution in [2.45, 2.75) is 4.71 Å². The van der Waals surface area contributed by atoms with Crippen LogP contribution in [0.15, 0.2) is 24.3 Å². The molecular weight excluding hydrogens is 238 g/mol. The lowest BCUT2D eigenvalue weighted by Gasteiger charge is -2.04. The summed E-state index contributed by atoms with van der Waals surface area (Å²) in [5, 5.41) is 0. The molecule has 0 saturated carbocycles. The Morgan fingerprint density at radius 3 is 2.08 bits per heavy atom. The second kappa shape index (κ2) is 3.82. The van der Waals surface area contributed by atoms with E-state index in [0.717, 1.165) is 12.1 Å². The molecule has 1 atom stereocenters.